The zero-order valence-corrected chi connectivity index (χ0v) is 36.6. The van der Waals surface area contributed by atoms with Crippen molar-refractivity contribution in [2.24, 2.45) is 0 Å². The second-order valence-electron chi connectivity index (χ2n) is 18.0. The number of benzene rings is 7. The van der Waals surface area contributed by atoms with Crippen molar-refractivity contribution in [2.75, 3.05) is 0 Å². The van der Waals surface area contributed by atoms with Crippen molar-refractivity contribution >= 4 is 0 Å². The van der Waals surface area contributed by atoms with E-state index in [1.807, 2.05) is 83.1 Å². The first kappa shape index (κ1) is 41.9. The lowest BCUT2D eigenvalue weighted by Gasteiger charge is -2.32. The van der Waals surface area contributed by atoms with Gasteiger partial charge < -0.3 is 20.4 Å². The molecule has 0 fully saturated rings. The molecular weight excluding hydrogens is 737 g/mol. The van der Waals surface area contributed by atoms with Gasteiger partial charge in [0.25, 0.3) is 0 Å². The molecule has 7 rings (SSSR count). The van der Waals surface area contributed by atoms with Crippen molar-refractivity contribution in [3.63, 3.8) is 0 Å². The predicted molar refractivity (Wildman–Crippen MR) is 247 cm³/mol. The Bertz CT molecular complexity index is 2670. The molecule has 4 nitrogen and oxygen atoms in total. The number of aryl methyl sites for hydroxylation is 5. The van der Waals surface area contributed by atoms with Crippen LogP contribution in [-0.4, -0.2) is 20.4 Å². The van der Waals surface area contributed by atoms with E-state index in [0.29, 0.717) is 22.6 Å². The van der Waals surface area contributed by atoms with E-state index < -0.39 is 16.7 Å². The smallest absolute Gasteiger partial charge is 0.122 e. The summed E-state index contributed by atoms with van der Waals surface area (Å²) in [6.07, 6.45) is 0. The van der Waals surface area contributed by atoms with Gasteiger partial charge in [0, 0.05) is 39.4 Å². The molecule has 2 unspecified atom stereocenters. The fourth-order valence-corrected chi connectivity index (χ4v) is 8.87. The minimum absolute atomic E-state index is 0.0295. The Morgan fingerprint density at radius 3 is 1.13 bits per heavy atom. The monoisotopic (exact) mass is 794 g/mol. The summed E-state index contributed by atoms with van der Waals surface area (Å²) in [5.41, 5.74) is 13.5. The lowest BCUT2D eigenvalue weighted by atomic mass is 9.72. The molecule has 0 aliphatic carbocycles. The highest BCUT2D eigenvalue weighted by Gasteiger charge is 2.33. The molecule has 306 valence electrons. The normalized spacial score (nSPS) is 13.0. The summed E-state index contributed by atoms with van der Waals surface area (Å²) in [6, 6.07) is 45.6. The summed E-state index contributed by atoms with van der Waals surface area (Å²) in [5, 5.41) is 46.5. The highest BCUT2D eigenvalue weighted by atomic mass is 16.3. The van der Waals surface area contributed by atoms with Gasteiger partial charge >= 0.3 is 0 Å². The van der Waals surface area contributed by atoms with Crippen LogP contribution in [0.3, 0.4) is 0 Å². The average molecular weight is 795 g/mol. The second-order valence-corrected chi connectivity index (χ2v) is 18.0. The van der Waals surface area contributed by atoms with Crippen LogP contribution in [0, 0.1) is 34.6 Å². The van der Waals surface area contributed by atoms with Crippen molar-refractivity contribution in [1.82, 2.24) is 0 Å². The van der Waals surface area contributed by atoms with Crippen LogP contribution in [0.5, 0.6) is 23.0 Å². The molecule has 0 aliphatic rings. The molecule has 0 saturated heterocycles. The van der Waals surface area contributed by atoms with E-state index in [1.165, 1.54) is 0 Å². The number of phenolic OH excluding ortho intramolecular Hbond substituents is 4. The quantitative estimate of drug-likeness (QED) is 0.104. The Labute approximate surface area is 356 Å². The fraction of sp³-hybridized carbons (Fsp3) is 0.250. The second kappa shape index (κ2) is 16.1. The molecule has 0 bridgehead atoms. The van der Waals surface area contributed by atoms with Gasteiger partial charge in [-0.05, 0) is 107 Å². The largest absolute Gasteiger partial charge is 0.507 e. The molecule has 7 aromatic rings. The van der Waals surface area contributed by atoms with Crippen molar-refractivity contribution in [1.29, 1.82) is 0 Å². The maximum absolute atomic E-state index is 12.2. The van der Waals surface area contributed by atoms with Gasteiger partial charge in [-0.2, -0.15) is 0 Å². The summed E-state index contributed by atoms with van der Waals surface area (Å²) >= 11 is 0. The number of rotatable bonds is 10. The predicted octanol–water partition coefficient (Wildman–Crippen LogP) is 13.7. The maximum atomic E-state index is 12.2. The van der Waals surface area contributed by atoms with Gasteiger partial charge in [0.2, 0.25) is 0 Å². The molecule has 0 amide bonds. The van der Waals surface area contributed by atoms with Gasteiger partial charge in [0.15, 0.2) is 0 Å². The van der Waals surface area contributed by atoms with E-state index >= 15 is 0 Å². The summed E-state index contributed by atoms with van der Waals surface area (Å²) in [6.45, 7) is 20.6. The Hall–Kier alpha value is -6.26. The van der Waals surface area contributed by atoms with Crippen molar-refractivity contribution < 1.29 is 20.4 Å². The fourth-order valence-electron chi connectivity index (χ4n) is 8.87. The van der Waals surface area contributed by atoms with Crippen LogP contribution >= 0.6 is 0 Å². The molecule has 0 aromatic heterocycles. The first-order valence-electron chi connectivity index (χ1n) is 20.9. The van der Waals surface area contributed by atoms with Gasteiger partial charge in [-0.15, -0.1) is 0 Å². The Morgan fingerprint density at radius 2 is 0.700 bits per heavy atom. The Kier molecular flexibility index (Phi) is 11.2. The van der Waals surface area contributed by atoms with Crippen molar-refractivity contribution in [2.45, 2.75) is 91.9 Å². The molecule has 0 heterocycles. The van der Waals surface area contributed by atoms with E-state index in [-0.39, 0.29) is 17.4 Å². The lowest BCUT2D eigenvalue weighted by molar-refractivity contribution is 0.452. The minimum atomic E-state index is -0.547. The summed E-state index contributed by atoms with van der Waals surface area (Å²) in [4.78, 5) is 0. The Balaban J connectivity index is 1.43. The maximum Gasteiger partial charge on any atom is 0.122 e. The standard InChI is InChI=1S/C56H58O4/c1-33-25-43(26-34(2)51(33)57)55(7,8)45-28-36(4)53(59)48(31-45)50(42-23-21-41(22-24-42)40-19-15-12-16-20-40)49-32-46(29-37(5)54(49)60)56(9,10)44-27-35(3)52(58)47(30-44)38(6)39-17-13-11-14-18-39/h11-32,38,50,57-60H,1-10H3. The summed E-state index contributed by atoms with van der Waals surface area (Å²) < 4.78 is 0. The van der Waals surface area contributed by atoms with E-state index in [2.05, 4.69) is 120 Å². The molecule has 60 heavy (non-hydrogen) atoms. The molecule has 0 aliphatic heterocycles. The first-order chi connectivity index (χ1) is 28.4. The lowest BCUT2D eigenvalue weighted by Crippen LogP contribution is -2.22. The number of hydrogen-bond donors (Lipinski definition) is 4. The van der Waals surface area contributed by atoms with Crippen LogP contribution in [0.2, 0.25) is 0 Å². The third kappa shape index (κ3) is 7.68. The Morgan fingerprint density at radius 1 is 0.367 bits per heavy atom. The van der Waals surface area contributed by atoms with E-state index in [1.54, 1.807) is 0 Å². The van der Waals surface area contributed by atoms with Crippen LogP contribution in [0.4, 0.5) is 0 Å². The zero-order chi connectivity index (χ0) is 43.3. The molecule has 4 N–H and O–H groups in total. The summed E-state index contributed by atoms with van der Waals surface area (Å²) in [7, 11) is 0. The summed E-state index contributed by atoms with van der Waals surface area (Å²) in [5.74, 6) is 0.391. The van der Waals surface area contributed by atoms with Gasteiger partial charge in [0.05, 0.1) is 0 Å². The SMILES string of the molecule is Cc1cc(C(C)(C)c2cc(C)c(O)c(C(c3ccc(-c4ccccc4)cc3)c3cc(C(C)(C)c4cc(C)c(O)c(C(C)c5ccccc5)c4)cc(C)c3O)c2)cc(C)c1O. The van der Waals surface area contributed by atoms with E-state index in [4.69, 9.17) is 0 Å². The molecule has 0 spiro atoms. The number of hydrogen-bond acceptors (Lipinski definition) is 4. The molecular formula is C56H58O4. The molecule has 4 heteroatoms. The number of phenols is 4. The minimum Gasteiger partial charge on any atom is -0.507 e. The van der Waals surface area contributed by atoms with Crippen LogP contribution < -0.4 is 0 Å². The highest BCUT2D eigenvalue weighted by molar-refractivity contribution is 5.66. The number of aromatic hydroxyl groups is 4. The van der Waals surface area contributed by atoms with Crippen molar-refractivity contribution in [3.8, 4) is 34.1 Å². The van der Waals surface area contributed by atoms with Crippen molar-refractivity contribution in [3.05, 3.63) is 211 Å². The molecule has 0 radical (unpaired) electrons. The van der Waals surface area contributed by atoms with Crippen LogP contribution in [-0.2, 0) is 10.8 Å². The molecule has 0 saturated carbocycles. The zero-order valence-electron chi connectivity index (χ0n) is 36.6. The van der Waals surface area contributed by atoms with E-state index in [0.717, 1.165) is 77.9 Å². The van der Waals surface area contributed by atoms with E-state index in [9.17, 15) is 20.4 Å². The van der Waals surface area contributed by atoms with Crippen LogP contribution in [0.15, 0.2) is 133 Å². The van der Waals surface area contributed by atoms with Gasteiger partial charge in [-0.1, -0.05) is 168 Å². The van der Waals surface area contributed by atoms with Gasteiger partial charge in [0.1, 0.15) is 23.0 Å². The highest BCUT2D eigenvalue weighted by Crippen LogP contribution is 2.48. The third-order valence-electron chi connectivity index (χ3n) is 13.1. The first-order valence-corrected chi connectivity index (χ1v) is 20.9. The molecule has 7 aromatic carbocycles. The van der Waals surface area contributed by atoms with Crippen LogP contribution in [0.1, 0.15) is 124 Å². The topological polar surface area (TPSA) is 80.9 Å². The third-order valence-corrected chi connectivity index (χ3v) is 13.1. The average Bonchev–Trinajstić information content (AvgIpc) is 3.24. The van der Waals surface area contributed by atoms with Gasteiger partial charge in [-0.25, -0.2) is 0 Å². The van der Waals surface area contributed by atoms with Gasteiger partial charge in [-0.3, -0.25) is 0 Å². The molecule has 2 atom stereocenters. The van der Waals surface area contributed by atoms with Crippen LogP contribution in [0.25, 0.3) is 11.1 Å².